The normalized spacial score (nSPS) is 17.2. The summed E-state index contributed by atoms with van der Waals surface area (Å²) in [4.78, 5) is 24.0. The van der Waals surface area contributed by atoms with Crippen LogP contribution in [-0.4, -0.2) is 23.8 Å². The third-order valence-corrected chi connectivity index (χ3v) is 3.04. The smallest absolute Gasteiger partial charge is 0.348 e. The maximum Gasteiger partial charge on any atom is 0.348 e. The number of cyclic esters (lactones) is 2. The average Bonchev–Trinajstić information content (AvgIpc) is 2.40. The molecule has 0 amide bonds. The van der Waals surface area contributed by atoms with Crippen LogP contribution in [0.2, 0.25) is 0 Å². The van der Waals surface area contributed by atoms with E-state index >= 15 is 0 Å². The number of ether oxygens (including phenoxy) is 3. The number of carbonyl (C=O) groups is 2. The summed E-state index contributed by atoms with van der Waals surface area (Å²) in [7, 11) is 0. The molecule has 1 aliphatic heterocycles. The van der Waals surface area contributed by atoms with E-state index in [-0.39, 0.29) is 11.7 Å². The number of carbonyl (C=O) groups excluding carboxylic acids is 2. The molecule has 5 heteroatoms. The number of benzene rings is 1. The van der Waals surface area contributed by atoms with E-state index in [0.29, 0.717) is 6.61 Å². The molecule has 118 valence electrons. The Kier molecular flexibility index (Phi) is 4.66. The number of rotatable bonds is 4. The van der Waals surface area contributed by atoms with Crippen LogP contribution in [0.3, 0.4) is 0 Å². The third-order valence-electron chi connectivity index (χ3n) is 3.04. The number of hydrogen-bond acceptors (Lipinski definition) is 5. The molecular weight excluding hydrogens is 284 g/mol. The maximum absolute atomic E-state index is 12.0. The van der Waals surface area contributed by atoms with Crippen LogP contribution in [-0.2, 0) is 30.4 Å². The van der Waals surface area contributed by atoms with Gasteiger partial charge in [0, 0.05) is 13.8 Å². The second-order valence-electron chi connectivity index (χ2n) is 5.80. The molecule has 1 fully saturated rings. The van der Waals surface area contributed by atoms with Gasteiger partial charge in [0.2, 0.25) is 0 Å². The minimum atomic E-state index is -1.23. The Labute approximate surface area is 129 Å². The third kappa shape index (κ3) is 3.95. The zero-order valence-corrected chi connectivity index (χ0v) is 13.2. The summed E-state index contributed by atoms with van der Waals surface area (Å²) in [6, 6.07) is 7.40. The van der Waals surface area contributed by atoms with Gasteiger partial charge in [-0.3, -0.25) is 0 Å². The highest BCUT2D eigenvalue weighted by molar-refractivity contribution is 6.18. The number of hydrogen-bond donors (Lipinski definition) is 0. The van der Waals surface area contributed by atoms with Crippen LogP contribution < -0.4 is 0 Å². The van der Waals surface area contributed by atoms with Crippen molar-refractivity contribution in [2.45, 2.75) is 46.2 Å². The molecule has 1 heterocycles. The van der Waals surface area contributed by atoms with E-state index in [1.54, 1.807) is 0 Å². The van der Waals surface area contributed by atoms with Gasteiger partial charge in [0.15, 0.2) is 0 Å². The summed E-state index contributed by atoms with van der Waals surface area (Å²) in [6.45, 7) is 7.32. The zero-order valence-electron chi connectivity index (χ0n) is 13.2. The van der Waals surface area contributed by atoms with Gasteiger partial charge >= 0.3 is 11.9 Å². The quantitative estimate of drug-likeness (QED) is 0.486. The van der Waals surface area contributed by atoms with Crippen molar-refractivity contribution in [1.82, 2.24) is 0 Å². The lowest BCUT2D eigenvalue weighted by atomic mass is 10.0. The van der Waals surface area contributed by atoms with Crippen molar-refractivity contribution in [3.8, 4) is 0 Å². The van der Waals surface area contributed by atoms with Crippen molar-refractivity contribution in [1.29, 1.82) is 0 Å². The summed E-state index contributed by atoms with van der Waals surface area (Å²) in [5, 5.41) is 0. The molecule has 0 spiro atoms. The molecule has 0 N–H and O–H groups in total. The molecular formula is C17H20O5. The van der Waals surface area contributed by atoms with Crippen molar-refractivity contribution in [2.75, 3.05) is 0 Å². The van der Waals surface area contributed by atoms with E-state index in [1.807, 2.05) is 38.1 Å². The van der Waals surface area contributed by atoms with Crippen LogP contribution in [0.1, 0.15) is 38.8 Å². The Bertz CT molecular complexity index is 591. The summed E-state index contributed by atoms with van der Waals surface area (Å²) in [5.41, 5.74) is 1.50. The summed E-state index contributed by atoms with van der Waals surface area (Å²) in [6.07, 6.45) is 1.57. The minimum absolute atomic E-state index is 0.0890. The zero-order chi connectivity index (χ0) is 16.3. The SMILES string of the molecule is CC(C)OCc1ccccc1C=C1C(=O)OC(C)(C)OC1=O. The lowest BCUT2D eigenvalue weighted by Gasteiger charge is -2.29. The minimum Gasteiger partial charge on any atom is -0.419 e. The van der Waals surface area contributed by atoms with Crippen molar-refractivity contribution >= 4 is 18.0 Å². The van der Waals surface area contributed by atoms with E-state index in [0.717, 1.165) is 11.1 Å². The molecule has 1 saturated heterocycles. The molecule has 0 radical (unpaired) electrons. The Morgan fingerprint density at radius 3 is 2.32 bits per heavy atom. The van der Waals surface area contributed by atoms with Crippen molar-refractivity contribution in [3.05, 3.63) is 41.0 Å². The molecule has 1 aliphatic rings. The van der Waals surface area contributed by atoms with Gasteiger partial charge in [0.1, 0.15) is 5.57 Å². The molecule has 5 nitrogen and oxygen atoms in total. The highest BCUT2D eigenvalue weighted by Crippen LogP contribution is 2.25. The standard InChI is InChI=1S/C17H20O5/c1-11(2)20-10-13-8-6-5-7-12(13)9-14-15(18)21-17(3,4)22-16(14)19/h5-9,11H,10H2,1-4H3. The number of esters is 2. The van der Waals surface area contributed by atoms with E-state index in [2.05, 4.69) is 0 Å². The molecule has 22 heavy (non-hydrogen) atoms. The van der Waals surface area contributed by atoms with Gasteiger partial charge in [0.25, 0.3) is 5.79 Å². The lowest BCUT2D eigenvalue weighted by Crippen LogP contribution is -2.41. The van der Waals surface area contributed by atoms with E-state index in [9.17, 15) is 9.59 Å². The first-order valence-electron chi connectivity index (χ1n) is 7.16. The summed E-state index contributed by atoms with van der Waals surface area (Å²) in [5.74, 6) is -2.59. The molecule has 0 aromatic heterocycles. The Balaban J connectivity index is 2.29. The summed E-state index contributed by atoms with van der Waals surface area (Å²) < 4.78 is 15.8. The van der Waals surface area contributed by atoms with E-state index in [4.69, 9.17) is 14.2 Å². The van der Waals surface area contributed by atoms with Gasteiger partial charge in [-0.05, 0) is 31.1 Å². The fourth-order valence-corrected chi connectivity index (χ4v) is 2.00. The van der Waals surface area contributed by atoms with E-state index in [1.165, 1.54) is 19.9 Å². The molecule has 0 aliphatic carbocycles. The molecule has 0 unspecified atom stereocenters. The fourth-order valence-electron chi connectivity index (χ4n) is 2.00. The Hall–Kier alpha value is -2.14. The van der Waals surface area contributed by atoms with Crippen molar-refractivity contribution in [3.63, 3.8) is 0 Å². The van der Waals surface area contributed by atoms with Crippen LogP contribution in [0.25, 0.3) is 6.08 Å². The van der Waals surface area contributed by atoms with E-state index < -0.39 is 17.7 Å². The lowest BCUT2D eigenvalue weighted by molar-refractivity contribution is -0.222. The second-order valence-corrected chi connectivity index (χ2v) is 5.80. The molecule has 0 saturated carbocycles. The highest BCUT2D eigenvalue weighted by atomic mass is 16.7. The molecule has 0 atom stereocenters. The molecule has 2 rings (SSSR count). The molecule has 1 aromatic carbocycles. The fraction of sp³-hybridized carbons (Fsp3) is 0.412. The van der Waals surface area contributed by atoms with Crippen LogP contribution in [0, 0.1) is 0 Å². The first-order valence-corrected chi connectivity index (χ1v) is 7.16. The Morgan fingerprint density at radius 2 is 1.73 bits per heavy atom. The maximum atomic E-state index is 12.0. The first kappa shape index (κ1) is 16.2. The van der Waals surface area contributed by atoms with Crippen molar-refractivity contribution in [2.24, 2.45) is 0 Å². The second kappa shape index (κ2) is 6.32. The summed E-state index contributed by atoms with van der Waals surface area (Å²) >= 11 is 0. The largest absolute Gasteiger partial charge is 0.419 e. The first-order chi connectivity index (χ1) is 10.3. The van der Waals surface area contributed by atoms with Crippen LogP contribution in [0.4, 0.5) is 0 Å². The predicted molar refractivity (Wildman–Crippen MR) is 80.6 cm³/mol. The predicted octanol–water partition coefficient (Wildman–Crippen LogP) is 2.83. The van der Waals surface area contributed by atoms with Crippen LogP contribution in [0.5, 0.6) is 0 Å². The van der Waals surface area contributed by atoms with Crippen molar-refractivity contribution < 1.29 is 23.8 Å². The monoisotopic (exact) mass is 304 g/mol. The highest BCUT2D eigenvalue weighted by Gasteiger charge is 2.38. The van der Waals surface area contributed by atoms with Gasteiger partial charge in [-0.2, -0.15) is 0 Å². The van der Waals surface area contributed by atoms with Gasteiger partial charge in [-0.15, -0.1) is 0 Å². The Morgan fingerprint density at radius 1 is 1.14 bits per heavy atom. The van der Waals surface area contributed by atoms with Crippen LogP contribution in [0.15, 0.2) is 29.8 Å². The topological polar surface area (TPSA) is 61.8 Å². The van der Waals surface area contributed by atoms with Gasteiger partial charge in [-0.1, -0.05) is 24.3 Å². The average molecular weight is 304 g/mol. The van der Waals surface area contributed by atoms with Gasteiger partial charge < -0.3 is 14.2 Å². The van der Waals surface area contributed by atoms with Gasteiger partial charge in [-0.25, -0.2) is 9.59 Å². The van der Waals surface area contributed by atoms with Gasteiger partial charge in [0.05, 0.1) is 12.7 Å². The van der Waals surface area contributed by atoms with Crippen LogP contribution >= 0.6 is 0 Å². The molecule has 0 bridgehead atoms. The molecule has 1 aromatic rings.